The van der Waals surface area contributed by atoms with Crippen LogP contribution in [-0.4, -0.2) is 37.3 Å². The molecule has 1 saturated heterocycles. The number of sulfonamides is 1. The van der Waals surface area contributed by atoms with E-state index in [1.165, 1.54) is 0 Å². The molecule has 1 aromatic carbocycles. The summed E-state index contributed by atoms with van der Waals surface area (Å²) in [5.74, 6) is 0.895. The van der Waals surface area contributed by atoms with Gasteiger partial charge in [-0.2, -0.15) is 14.6 Å². The molecule has 1 N–H and O–H groups in total. The highest BCUT2D eigenvalue weighted by atomic mass is 32.2. The molecule has 3 rings (SSSR count). The van der Waals surface area contributed by atoms with E-state index in [0.29, 0.717) is 31.1 Å². The summed E-state index contributed by atoms with van der Waals surface area (Å²) >= 11 is 0. The Kier molecular flexibility index (Phi) is 5.63. The fourth-order valence-electron chi connectivity index (χ4n) is 3.09. The van der Waals surface area contributed by atoms with E-state index in [4.69, 9.17) is 4.42 Å². The maximum atomic E-state index is 12.8. The van der Waals surface area contributed by atoms with Crippen LogP contribution in [0.2, 0.25) is 0 Å². The third-order valence-corrected chi connectivity index (χ3v) is 6.38. The fraction of sp³-hybridized carbons (Fsp3) is 0.368. The van der Waals surface area contributed by atoms with Crippen LogP contribution in [0.4, 0.5) is 5.88 Å². The first-order valence-corrected chi connectivity index (χ1v) is 10.3. The number of nitrogens with one attached hydrogen (secondary N) is 1. The van der Waals surface area contributed by atoms with Gasteiger partial charge in [-0.15, -0.1) is 6.58 Å². The molecule has 1 aromatic heterocycles. The Hall–Kier alpha value is -2.63. The minimum absolute atomic E-state index is 0.144. The van der Waals surface area contributed by atoms with E-state index in [1.807, 2.05) is 6.07 Å². The molecule has 142 valence electrons. The molecule has 0 saturated carbocycles. The van der Waals surface area contributed by atoms with E-state index in [0.717, 1.165) is 12.8 Å². The molecule has 1 unspecified atom stereocenters. The molecular formula is C19H22N4O3S. The Morgan fingerprint density at radius 2 is 2.19 bits per heavy atom. The summed E-state index contributed by atoms with van der Waals surface area (Å²) in [5.41, 5.74) is 0.745. The Labute approximate surface area is 159 Å². The summed E-state index contributed by atoms with van der Waals surface area (Å²) in [4.78, 5) is 4.41. The molecule has 1 fully saturated rings. The zero-order valence-corrected chi connectivity index (χ0v) is 16.0. The standard InChI is InChI=1S/C19H22N4O3S/c1-3-10-21-19-17(12-20)22-18(26-19)15-6-8-16(9-7-15)27(24,25)23-11-4-5-14(2)13-23/h3,6-9,14,21H,1,4-5,10-11,13H2,2H3. The number of oxazole rings is 1. The predicted molar refractivity (Wildman–Crippen MR) is 102 cm³/mol. The third kappa shape index (κ3) is 4.04. The van der Waals surface area contributed by atoms with E-state index in [9.17, 15) is 13.7 Å². The monoisotopic (exact) mass is 386 g/mol. The Morgan fingerprint density at radius 3 is 2.81 bits per heavy atom. The lowest BCUT2D eigenvalue weighted by atomic mass is 10.0. The summed E-state index contributed by atoms with van der Waals surface area (Å²) in [6.45, 7) is 7.21. The van der Waals surface area contributed by atoms with E-state index in [-0.39, 0.29) is 22.4 Å². The van der Waals surface area contributed by atoms with Crippen LogP contribution in [0.15, 0.2) is 46.2 Å². The van der Waals surface area contributed by atoms with Crippen LogP contribution in [0.5, 0.6) is 0 Å². The number of anilines is 1. The Morgan fingerprint density at radius 1 is 1.44 bits per heavy atom. The molecular weight excluding hydrogens is 364 g/mol. The van der Waals surface area contributed by atoms with Crippen LogP contribution in [0.3, 0.4) is 0 Å². The summed E-state index contributed by atoms with van der Waals surface area (Å²) in [5, 5.41) is 12.1. The van der Waals surface area contributed by atoms with Gasteiger partial charge >= 0.3 is 0 Å². The Balaban J connectivity index is 1.84. The number of piperidine rings is 1. The second-order valence-electron chi connectivity index (χ2n) is 6.61. The van der Waals surface area contributed by atoms with Gasteiger partial charge in [0.15, 0.2) is 0 Å². The molecule has 0 radical (unpaired) electrons. The number of rotatable bonds is 6. The topological polar surface area (TPSA) is 99.2 Å². The number of aromatic nitrogens is 1. The first-order valence-electron chi connectivity index (χ1n) is 8.82. The molecule has 0 bridgehead atoms. The Bertz CT molecular complexity index is 958. The number of hydrogen-bond donors (Lipinski definition) is 1. The summed E-state index contributed by atoms with van der Waals surface area (Å²) < 4.78 is 32.8. The van der Waals surface area contributed by atoms with Gasteiger partial charge in [0.1, 0.15) is 6.07 Å². The highest BCUT2D eigenvalue weighted by Gasteiger charge is 2.28. The summed E-state index contributed by atoms with van der Waals surface area (Å²) in [6, 6.07) is 8.37. The maximum absolute atomic E-state index is 12.8. The van der Waals surface area contributed by atoms with Crippen LogP contribution in [-0.2, 0) is 10.0 Å². The average molecular weight is 386 g/mol. The van der Waals surface area contributed by atoms with Crippen LogP contribution < -0.4 is 5.32 Å². The number of nitrogens with zero attached hydrogens (tertiary/aromatic N) is 3. The molecule has 8 heteroatoms. The average Bonchev–Trinajstić information content (AvgIpc) is 3.09. The van der Waals surface area contributed by atoms with Crippen molar-refractivity contribution in [2.24, 2.45) is 5.92 Å². The van der Waals surface area contributed by atoms with Gasteiger partial charge in [0.25, 0.3) is 0 Å². The molecule has 0 aliphatic carbocycles. The van der Waals surface area contributed by atoms with Gasteiger partial charge in [-0.1, -0.05) is 13.0 Å². The van der Waals surface area contributed by atoms with Crippen molar-refractivity contribution in [2.45, 2.75) is 24.7 Å². The third-order valence-electron chi connectivity index (χ3n) is 4.50. The van der Waals surface area contributed by atoms with Crippen LogP contribution >= 0.6 is 0 Å². The van der Waals surface area contributed by atoms with Gasteiger partial charge in [-0.05, 0) is 43.0 Å². The maximum Gasteiger partial charge on any atom is 0.243 e. The normalized spacial score (nSPS) is 18.0. The molecule has 27 heavy (non-hydrogen) atoms. The van der Waals surface area contributed by atoms with Crippen LogP contribution in [0.25, 0.3) is 11.5 Å². The minimum atomic E-state index is -3.51. The molecule has 7 nitrogen and oxygen atoms in total. The summed E-state index contributed by atoms with van der Waals surface area (Å²) in [7, 11) is -3.51. The lowest BCUT2D eigenvalue weighted by molar-refractivity contribution is 0.281. The first kappa shape index (κ1) is 19.1. The van der Waals surface area contributed by atoms with E-state index in [1.54, 1.807) is 34.6 Å². The van der Waals surface area contributed by atoms with Gasteiger partial charge in [0, 0.05) is 25.2 Å². The van der Waals surface area contributed by atoms with E-state index >= 15 is 0 Å². The SMILES string of the molecule is C=CCNc1oc(-c2ccc(S(=O)(=O)N3CCCC(C)C3)cc2)nc1C#N. The lowest BCUT2D eigenvalue weighted by Gasteiger charge is -2.30. The van der Waals surface area contributed by atoms with Gasteiger partial charge in [-0.3, -0.25) is 0 Å². The van der Waals surface area contributed by atoms with Crippen molar-refractivity contribution in [1.82, 2.24) is 9.29 Å². The van der Waals surface area contributed by atoms with Crippen molar-refractivity contribution in [2.75, 3.05) is 25.0 Å². The van der Waals surface area contributed by atoms with E-state index in [2.05, 4.69) is 23.8 Å². The van der Waals surface area contributed by atoms with Gasteiger partial charge < -0.3 is 9.73 Å². The smallest absolute Gasteiger partial charge is 0.243 e. The molecule has 1 atom stereocenters. The van der Waals surface area contributed by atoms with Crippen molar-refractivity contribution < 1.29 is 12.8 Å². The van der Waals surface area contributed by atoms with Crippen molar-refractivity contribution in [3.8, 4) is 17.5 Å². The van der Waals surface area contributed by atoms with Crippen LogP contribution in [0, 0.1) is 17.2 Å². The van der Waals surface area contributed by atoms with Crippen LogP contribution in [0.1, 0.15) is 25.5 Å². The van der Waals surface area contributed by atoms with Crippen molar-refractivity contribution in [3.63, 3.8) is 0 Å². The lowest BCUT2D eigenvalue weighted by Crippen LogP contribution is -2.39. The zero-order valence-electron chi connectivity index (χ0n) is 15.2. The van der Waals surface area contributed by atoms with Crippen molar-refractivity contribution in [3.05, 3.63) is 42.6 Å². The van der Waals surface area contributed by atoms with Gasteiger partial charge in [0.05, 0.1) is 4.90 Å². The molecule has 1 aliphatic rings. The minimum Gasteiger partial charge on any atom is -0.419 e. The quantitative estimate of drug-likeness (QED) is 0.765. The predicted octanol–water partition coefficient (Wildman–Crippen LogP) is 3.23. The van der Waals surface area contributed by atoms with Gasteiger partial charge in [0.2, 0.25) is 27.5 Å². The van der Waals surface area contributed by atoms with Gasteiger partial charge in [-0.25, -0.2) is 8.42 Å². The molecule has 0 spiro atoms. The number of hydrogen-bond acceptors (Lipinski definition) is 6. The number of nitriles is 1. The highest BCUT2D eigenvalue weighted by molar-refractivity contribution is 7.89. The second-order valence-corrected chi connectivity index (χ2v) is 8.55. The molecule has 2 heterocycles. The number of benzene rings is 1. The molecule has 2 aromatic rings. The second kappa shape index (κ2) is 7.94. The first-order chi connectivity index (χ1) is 13.0. The van der Waals surface area contributed by atoms with Crippen molar-refractivity contribution >= 4 is 15.9 Å². The largest absolute Gasteiger partial charge is 0.419 e. The van der Waals surface area contributed by atoms with E-state index < -0.39 is 10.0 Å². The zero-order chi connectivity index (χ0) is 19.4. The summed E-state index contributed by atoms with van der Waals surface area (Å²) in [6.07, 6.45) is 3.58. The fourth-order valence-corrected chi connectivity index (χ4v) is 4.69. The van der Waals surface area contributed by atoms with Crippen molar-refractivity contribution in [1.29, 1.82) is 5.26 Å². The molecule has 0 amide bonds. The highest BCUT2D eigenvalue weighted by Crippen LogP contribution is 2.28. The molecule has 1 aliphatic heterocycles.